The summed E-state index contributed by atoms with van der Waals surface area (Å²) in [5, 5.41) is 0.927. The topological polar surface area (TPSA) is 0 Å². The summed E-state index contributed by atoms with van der Waals surface area (Å²) >= 11 is 3.52. The Balaban J connectivity index is 2.24. The Bertz CT molecular complexity index is 420. The van der Waals surface area contributed by atoms with Crippen LogP contribution in [0.25, 0.3) is 0 Å². The lowest BCUT2D eigenvalue weighted by molar-refractivity contribution is 1.15. The van der Waals surface area contributed by atoms with Gasteiger partial charge in [0.2, 0.25) is 0 Å². The van der Waals surface area contributed by atoms with Crippen LogP contribution in [0.3, 0.4) is 0 Å². The van der Waals surface area contributed by atoms with Crippen LogP contribution in [0, 0.1) is 0 Å². The van der Waals surface area contributed by atoms with Crippen molar-refractivity contribution in [3.63, 3.8) is 0 Å². The quantitative estimate of drug-likeness (QED) is 0.727. The van der Waals surface area contributed by atoms with Crippen LogP contribution in [0.5, 0.6) is 0 Å². The van der Waals surface area contributed by atoms with Gasteiger partial charge >= 0.3 is 0 Å². The van der Waals surface area contributed by atoms with Crippen molar-refractivity contribution in [2.24, 2.45) is 0 Å². The summed E-state index contributed by atoms with van der Waals surface area (Å²) in [5.74, 6) is 0. The van der Waals surface area contributed by atoms with Gasteiger partial charge < -0.3 is 0 Å². The van der Waals surface area contributed by atoms with Crippen LogP contribution in [0.15, 0.2) is 54.6 Å². The molecule has 0 N–H and O–H groups in total. The minimum absolute atomic E-state index is 0.927. The fourth-order valence-electron chi connectivity index (χ4n) is 1.68. The molecule has 2 aromatic rings. The summed E-state index contributed by atoms with van der Waals surface area (Å²) in [4.78, 5) is 0. The van der Waals surface area contributed by atoms with Gasteiger partial charge in [-0.3, -0.25) is 0 Å². The van der Waals surface area contributed by atoms with Crippen molar-refractivity contribution in [1.29, 1.82) is 0 Å². The molecule has 0 fully saturated rings. The van der Waals surface area contributed by atoms with Gasteiger partial charge in [-0.1, -0.05) is 70.5 Å². The standard InChI is InChI=1S/C14H13Br/c15-11-14-9-5-4-8-13(14)10-12-6-2-1-3-7-12/h1-9H,10-11H2. The second-order valence-corrected chi connectivity index (χ2v) is 4.13. The van der Waals surface area contributed by atoms with Crippen molar-refractivity contribution < 1.29 is 0 Å². The molecular formula is C14H13Br. The van der Waals surface area contributed by atoms with Crippen molar-refractivity contribution in [2.45, 2.75) is 11.8 Å². The first kappa shape index (κ1) is 10.4. The number of hydrogen-bond acceptors (Lipinski definition) is 0. The lowest BCUT2D eigenvalue weighted by Crippen LogP contribution is -1.92. The second-order valence-electron chi connectivity index (χ2n) is 3.56. The third kappa shape index (κ3) is 2.69. The summed E-state index contributed by atoms with van der Waals surface area (Å²) in [6.07, 6.45) is 1.02. The molecule has 0 saturated carbocycles. The SMILES string of the molecule is BrCc1ccccc1Cc1ccccc1. The van der Waals surface area contributed by atoms with Crippen LogP contribution in [0.2, 0.25) is 0 Å². The molecule has 1 heteroatoms. The van der Waals surface area contributed by atoms with Crippen LogP contribution in [-0.4, -0.2) is 0 Å². The summed E-state index contributed by atoms with van der Waals surface area (Å²) < 4.78 is 0. The third-order valence-electron chi connectivity index (χ3n) is 2.50. The number of alkyl halides is 1. The molecule has 0 spiro atoms. The molecule has 0 bridgehead atoms. The van der Waals surface area contributed by atoms with Crippen LogP contribution < -0.4 is 0 Å². The van der Waals surface area contributed by atoms with Gasteiger partial charge in [0.25, 0.3) is 0 Å². The van der Waals surface area contributed by atoms with Gasteiger partial charge in [-0.25, -0.2) is 0 Å². The summed E-state index contributed by atoms with van der Waals surface area (Å²) in [6, 6.07) is 19.1. The van der Waals surface area contributed by atoms with E-state index in [0.717, 1.165) is 11.8 Å². The monoisotopic (exact) mass is 260 g/mol. The second kappa shape index (κ2) is 5.13. The smallest absolute Gasteiger partial charge is 0.0285 e. The lowest BCUT2D eigenvalue weighted by Gasteiger charge is -2.06. The van der Waals surface area contributed by atoms with E-state index in [-0.39, 0.29) is 0 Å². The van der Waals surface area contributed by atoms with E-state index in [0.29, 0.717) is 0 Å². The average molecular weight is 261 g/mol. The molecule has 0 atom stereocenters. The highest BCUT2D eigenvalue weighted by Crippen LogP contribution is 2.16. The maximum atomic E-state index is 3.52. The van der Waals surface area contributed by atoms with E-state index >= 15 is 0 Å². The van der Waals surface area contributed by atoms with E-state index < -0.39 is 0 Å². The average Bonchev–Trinajstić information content (AvgIpc) is 2.31. The van der Waals surface area contributed by atoms with Gasteiger partial charge in [-0.15, -0.1) is 0 Å². The maximum absolute atomic E-state index is 3.52. The number of benzene rings is 2. The Labute approximate surface area is 99.1 Å². The predicted molar refractivity (Wildman–Crippen MR) is 68.3 cm³/mol. The van der Waals surface area contributed by atoms with Gasteiger partial charge in [0, 0.05) is 5.33 Å². The molecule has 76 valence electrons. The normalized spacial score (nSPS) is 10.2. The highest BCUT2D eigenvalue weighted by Gasteiger charge is 2.00. The van der Waals surface area contributed by atoms with E-state index in [9.17, 15) is 0 Å². The Hall–Kier alpha value is -1.08. The zero-order valence-electron chi connectivity index (χ0n) is 8.49. The van der Waals surface area contributed by atoms with E-state index in [1.54, 1.807) is 0 Å². The number of hydrogen-bond donors (Lipinski definition) is 0. The van der Waals surface area contributed by atoms with Crippen LogP contribution in [0.1, 0.15) is 16.7 Å². The van der Waals surface area contributed by atoms with E-state index in [2.05, 4.69) is 70.5 Å². The van der Waals surface area contributed by atoms with Crippen LogP contribution >= 0.6 is 15.9 Å². The van der Waals surface area contributed by atoms with Crippen molar-refractivity contribution >= 4 is 15.9 Å². The molecule has 0 radical (unpaired) electrons. The minimum atomic E-state index is 0.927. The predicted octanol–water partition coefficient (Wildman–Crippen LogP) is 4.17. The third-order valence-corrected chi connectivity index (χ3v) is 3.10. The molecule has 0 aliphatic heterocycles. The van der Waals surface area contributed by atoms with Crippen molar-refractivity contribution in [2.75, 3.05) is 0 Å². The largest absolute Gasteiger partial charge is 0.0876 e. The first-order valence-corrected chi connectivity index (χ1v) is 6.19. The molecule has 0 aliphatic rings. The summed E-state index contributed by atoms with van der Waals surface area (Å²) in [6.45, 7) is 0. The van der Waals surface area contributed by atoms with Gasteiger partial charge in [0.05, 0.1) is 0 Å². The molecule has 0 saturated heterocycles. The van der Waals surface area contributed by atoms with Gasteiger partial charge in [0.15, 0.2) is 0 Å². The molecule has 0 aromatic heterocycles. The molecule has 0 heterocycles. The Morgan fingerprint density at radius 2 is 1.33 bits per heavy atom. The zero-order chi connectivity index (χ0) is 10.5. The molecule has 0 aliphatic carbocycles. The summed E-state index contributed by atoms with van der Waals surface area (Å²) in [5.41, 5.74) is 4.15. The minimum Gasteiger partial charge on any atom is -0.0876 e. The maximum Gasteiger partial charge on any atom is 0.0285 e. The van der Waals surface area contributed by atoms with Crippen molar-refractivity contribution in [3.8, 4) is 0 Å². The van der Waals surface area contributed by atoms with Crippen molar-refractivity contribution in [1.82, 2.24) is 0 Å². The molecule has 0 amide bonds. The molecule has 0 unspecified atom stereocenters. The highest BCUT2D eigenvalue weighted by atomic mass is 79.9. The van der Waals surface area contributed by atoms with E-state index in [4.69, 9.17) is 0 Å². The van der Waals surface area contributed by atoms with Crippen LogP contribution in [0.4, 0.5) is 0 Å². The molecule has 2 aromatic carbocycles. The fraction of sp³-hybridized carbons (Fsp3) is 0.143. The first-order valence-electron chi connectivity index (χ1n) is 5.07. The fourth-order valence-corrected chi connectivity index (χ4v) is 2.22. The Kier molecular flexibility index (Phi) is 3.57. The van der Waals surface area contributed by atoms with Gasteiger partial charge in [0.1, 0.15) is 0 Å². The highest BCUT2D eigenvalue weighted by molar-refractivity contribution is 9.08. The Morgan fingerprint density at radius 1 is 0.733 bits per heavy atom. The zero-order valence-corrected chi connectivity index (χ0v) is 10.1. The number of rotatable bonds is 3. The molecule has 2 rings (SSSR count). The molecular weight excluding hydrogens is 248 g/mol. The first-order chi connectivity index (χ1) is 7.40. The Morgan fingerprint density at radius 3 is 2.00 bits per heavy atom. The molecule has 15 heavy (non-hydrogen) atoms. The van der Waals surface area contributed by atoms with E-state index in [1.807, 2.05) is 0 Å². The van der Waals surface area contributed by atoms with Crippen molar-refractivity contribution in [3.05, 3.63) is 71.3 Å². The summed E-state index contributed by atoms with van der Waals surface area (Å²) in [7, 11) is 0. The molecule has 0 nitrogen and oxygen atoms in total. The lowest BCUT2D eigenvalue weighted by atomic mass is 10.0. The van der Waals surface area contributed by atoms with Gasteiger partial charge in [-0.2, -0.15) is 0 Å². The number of halogens is 1. The van der Waals surface area contributed by atoms with E-state index in [1.165, 1.54) is 16.7 Å². The van der Waals surface area contributed by atoms with Crippen LogP contribution in [-0.2, 0) is 11.8 Å². The van der Waals surface area contributed by atoms with Gasteiger partial charge in [-0.05, 0) is 23.1 Å².